The van der Waals surface area contributed by atoms with Gasteiger partial charge in [-0.2, -0.15) is 5.10 Å². The number of aliphatic hydroxyl groups is 1. The molecule has 122 valence electrons. The molecule has 0 spiro atoms. The molecule has 0 aliphatic carbocycles. The fourth-order valence-corrected chi connectivity index (χ4v) is 2.40. The van der Waals surface area contributed by atoms with Crippen LogP contribution in [0.3, 0.4) is 0 Å². The molecule has 3 rings (SSSR count). The molecule has 2 aromatic heterocycles. The maximum atomic E-state index is 12.4. The van der Waals surface area contributed by atoms with E-state index in [2.05, 4.69) is 15.4 Å². The molecular formula is C17H15ClN4O2. The maximum Gasteiger partial charge on any atom is 0.270 e. The van der Waals surface area contributed by atoms with Gasteiger partial charge in [0.1, 0.15) is 5.69 Å². The third-order valence-electron chi connectivity index (χ3n) is 3.51. The van der Waals surface area contributed by atoms with Gasteiger partial charge in [-0.15, -0.1) is 0 Å². The number of benzene rings is 1. The SMILES string of the molecule is O=C(NC(CO)c1ccc(Cl)cc1)c1cc(-n2cccn2)ccn1. The largest absolute Gasteiger partial charge is 0.394 e. The Kier molecular flexibility index (Phi) is 4.88. The molecule has 2 heterocycles. The van der Waals surface area contributed by atoms with Crippen LogP contribution in [0.4, 0.5) is 0 Å². The van der Waals surface area contributed by atoms with Gasteiger partial charge in [-0.25, -0.2) is 4.68 Å². The Balaban J connectivity index is 1.78. The molecule has 2 N–H and O–H groups in total. The van der Waals surface area contributed by atoms with E-state index in [0.717, 1.165) is 11.3 Å². The molecule has 1 amide bonds. The molecule has 0 aliphatic rings. The van der Waals surface area contributed by atoms with Gasteiger partial charge in [0.15, 0.2) is 0 Å². The van der Waals surface area contributed by atoms with Gasteiger partial charge in [-0.1, -0.05) is 23.7 Å². The van der Waals surface area contributed by atoms with Gasteiger partial charge in [-0.05, 0) is 35.9 Å². The summed E-state index contributed by atoms with van der Waals surface area (Å²) in [6, 6.07) is 11.6. The fraction of sp³-hybridized carbons (Fsp3) is 0.118. The molecule has 24 heavy (non-hydrogen) atoms. The van der Waals surface area contributed by atoms with Crippen molar-refractivity contribution < 1.29 is 9.90 Å². The Morgan fingerprint density at radius 1 is 1.25 bits per heavy atom. The number of halogens is 1. The molecule has 0 radical (unpaired) electrons. The molecule has 0 saturated heterocycles. The van der Waals surface area contributed by atoms with Crippen LogP contribution >= 0.6 is 11.6 Å². The molecule has 1 atom stereocenters. The zero-order valence-corrected chi connectivity index (χ0v) is 13.4. The summed E-state index contributed by atoms with van der Waals surface area (Å²) < 4.78 is 1.64. The molecular weight excluding hydrogens is 328 g/mol. The van der Waals surface area contributed by atoms with Crippen LogP contribution in [0.25, 0.3) is 5.69 Å². The summed E-state index contributed by atoms with van der Waals surface area (Å²) >= 11 is 5.86. The van der Waals surface area contributed by atoms with Crippen molar-refractivity contribution in [1.29, 1.82) is 0 Å². The standard InChI is InChI=1S/C17H15ClN4O2/c18-13-4-2-12(3-5-13)16(11-23)21-17(24)15-10-14(6-8-19-15)22-9-1-7-20-22/h1-10,16,23H,11H2,(H,21,24). The summed E-state index contributed by atoms with van der Waals surface area (Å²) in [5, 5.41) is 17.1. The second-order valence-corrected chi connectivity index (χ2v) is 5.55. The molecule has 1 aromatic carbocycles. The normalized spacial score (nSPS) is 11.9. The number of aromatic nitrogens is 3. The number of nitrogens with one attached hydrogen (secondary N) is 1. The summed E-state index contributed by atoms with van der Waals surface area (Å²) in [6.45, 7) is -0.230. The highest BCUT2D eigenvalue weighted by molar-refractivity contribution is 6.30. The van der Waals surface area contributed by atoms with Crippen molar-refractivity contribution >= 4 is 17.5 Å². The van der Waals surface area contributed by atoms with Gasteiger partial charge in [0.2, 0.25) is 0 Å². The van der Waals surface area contributed by atoms with E-state index in [1.54, 1.807) is 65.7 Å². The molecule has 7 heteroatoms. The second kappa shape index (κ2) is 7.25. The van der Waals surface area contributed by atoms with Crippen LogP contribution < -0.4 is 5.32 Å². The maximum absolute atomic E-state index is 12.4. The lowest BCUT2D eigenvalue weighted by Gasteiger charge is -2.16. The van der Waals surface area contributed by atoms with Gasteiger partial charge in [0.05, 0.1) is 18.3 Å². The van der Waals surface area contributed by atoms with Gasteiger partial charge >= 0.3 is 0 Å². The zero-order valence-electron chi connectivity index (χ0n) is 12.6. The summed E-state index contributed by atoms with van der Waals surface area (Å²) in [5.74, 6) is -0.377. The smallest absolute Gasteiger partial charge is 0.270 e. The van der Waals surface area contributed by atoms with E-state index in [1.807, 2.05) is 0 Å². The number of hydrogen-bond acceptors (Lipinski definition) is 4. The number of nitrogens with zero attached hydrogens (tertiary/aromatic N) is 3. The Hall–Kier alpha value is -2.70. The minimum atomic E-state index is -0.537. The first-order chi connectivity index (χ1) is 11.7. The Labute approximate surface area is 143 Å². The lowest BCUT2D eigenvalue weighted by atomic mass is 10.1. The van der Waals surface area contributed by atoms with E-state index < -0.39 is 6.04 Å². The highest BCUT2D eigenvalue weighted by atomic mass is 35.5. The lowest BCUT2D eigenvalue weighted by molar-refractivity contribution is 0.0911. The monoisotopic (exact) mass is 342 g/mol. The minimum Gasteiger partial charge on any atom is -0.394 e. The van der Waals surface area contributed by atoms with Crippen molar-refractivity contribution in [1.82, 2.24) is 20.1 Å². The Morgan fingerprint density at radius 3 is 2.71 bits per heavy atom. The summed E-state index contributed by atoms with van der Waals surface area (Å²) in [5.41, 5.74) is 1.74. The fourth-order valence-electron chi connectivity index (χ4n) is 2.27. The highest BCUT2D eigenvalue weighted by Crippen LogP contribution is 2.17. The Morgan fingerprint density at radius 2 is 2.04 bits per heavy atom. The predicted molar refractivity (Wildman–Crippen MR) is 90.1 cm³/mol. The molecule has 3 aromatic rings. The van der Waals surface area contributed by atoms with Crippen LogP contribution in [0.1, 0.15) is 22.1 Å². The van der Waals surface area contributed by atoms with E-state index in [4.69, 9.17) is 11.6 Å². The number of carbonyl (C=O) groups excluding carboxylic acids is 1. The lowest BCUT2D eigenvalue weighted by Crippen LogP contribution is -2.31. The van der Waals surface area contributed by atoms with E-state index >= 15 is 0 Å². The zero-order chi connectivity index (χ0) is 16.9. The van der Waals surface area contributed by atoms with Crippen molar-refractivity contribution in [3.8, 4) is 5.69 Å². The average molecular weight is 343 g/mol. The van der Waals surface area contributed by atoms with E-state index in [1.165, 1.54) is 0 Å². The van der Waals surface area contributed by atoms with Gasteiger partial charge in [0.25, 0.3) is 5.91 Å². The number of aliphatic hydroxyl groups excluding tert-OH is 1. The van der Waals surface area contributed by atoms with Crippen LogP contribution in [0.5, 0.6) is 0 Å². The van der Waals surface area contributed by atoms with Crippen molar-refractivity contribution in [2.24, 2.45) is 0 Å². The minimum absolute atomic E-state index is 0.230. The van der Waals surface area contributed by atoms with Crippen LogP contribution in [0.2, 0.25) is 5.02 Å². The van der Waals surface area contributed by atoms with Crippen LogP contribution in [-0.4, -0.2) is 32.4 Å². The van der Waals surface area contributed by atoms with Crippen LogP contribution in [0.15, 0.2) is 61.1 Å². The van der Waals surface area contributed by atoms with Crippen LogP contribution in [0, 0.1) is 0 Å². The molecule has 0 saturated carbocycles. The van der Waals surface area contributed by atoms with Crippen molar-refractivity contribution in [2.45, 2.75) is 6.04 Å². The number of carbonyl (C=O) groups is 1. The first-order valence-electron chi connectivity index (χ1n) is 7.30. The molecule has 0 bridgehead atoms. The summed E-state index contributed by atoms with van der Waals surface area (Å²) in [6.07, 6.45) is 4.98. The third kappa shape index (κ3) is 3.61. The highest BCUT2D eigenvalue weighted by Gasteiger charge is 2.16. The number of hydrogen-bond donors (Lipinski definition) is 2. The Bertz CT molecular complexity index is 819. The van der Waals surface area contributed by atoms with E-state index in [9.17, 15) is 9.90 Å². The second-order valence-electron chi connectivity index (χ2n) is 5.11. The molecule has 6 nitrogen and oxygen atoms in total. The predicted octanol–water partition coefficient (Wildman–Crippen LogP) is 2.38. The number of pyridine rings is 1. The van der Waals surface area contributed by atoms with Gasteiger partial charge in [0, 0.05) is 23.6 Å². The van der Waals surface area contributed by atoms with E-state index in [-0.39, 0.29) is 18.2 Å². The van der Waals surface area contributed by atoms with E-state index in [0.29, 0.717) is 5.02 Å². The quantitative estimate of drug-likeness (QED) is 0.746. The van der Waals surface area contributed by atoms with Crippen molar-refractivity contribution in [3.63, 3.8) is 0 Å². The number of amides is 1. The average Bonchev–Trinajstić information content (AvgIpc) is 3.15. The third-order valence-corrected chi connectivity index (χ3v) is 3.76. The van der Waals surface area contributed by atoms with Crippen LogP contribution in [-0.2, 0) is 0 Å². The summed E-state index contributed by atoms with van der Waals surface area (Å²) in [7, 11) is 0. The van der Waals surface area contributed by atoms with Gasteiger partial charge < -0.3 is 10.4 Å². The van der Waals surface area contributed by atoms with Crippen molar-refractivity contribution in [3.05, 3.63) is 77.3 Å². The topological polar surface area (TPSA) is 80.0 Å². The first kappa shape index (κ1) is 16.2. The molecule has 0 fully saturated rings. The first-order valence-corrected chi connectivity index (χ1v) is 7.68. The summed E-state index contributed by atoms with van der Waals surface area (Å²) in [4.78, 5) is 16.5. The van der Waals surface area contributed by atoms with Crippen molar-refractivity contribution in [2.75, 3.05) is 6.61 Å². The van der Waals surface area contributed by atoms with Gasteiger partial charge in [-0.3, -0.25) is 9.78 Å². The molecule has 0 aliphatic heterocycles. The molecule has 1 unspecified atom stereocenters. The number of rotatable bonds is 5.